The van der Waals surface area contributed by atoms with E-state index in [1.165, 1.54) is 29.6 Å². The van der Waals surface area contributed by atoms with Gasteiger partial charge in [-0.15, -0.1) is 0 Å². The molecule has 0 aliphatic heterocycles. The molecule has 21 heavy (non-hydrogen) atoms. The van der Waals surface area contributed by atoms with Gasteiger partial charge < -0.3 is 0 Å². The van der Waals surface area contributed by atoms with Crippen LogP contribution in [0.15, 0.2) is 53.4 Å². The molecule has 0 N–H and O–H groups in total. The van der Waals surface area contributed by atoms with Crippen molar-refractivity contribution in [2.24, 2.45) is 0 Å². The molecular formula is C15H15ClFNO2S. The quantitative estimate of drug-likeness (QED) is 0.855. The lowest BCUT2D eigenvalue weighted by Gasteiger charge is -2.24. The second-order valence-corrected chi connectivity index (χ2v) is 7.14. The summed E-state index contributed by atoms with van der Waals surface area (Å²) in [6.07, 6.45) is 0. The van der Waals surface area contributed by atoms with E-state index in [-0.39, 0.29) is 4.90 Å². The molecule has 0 heterocycles. The lowest BCUT2D eigenvalue weighted by molar-refractivity contribution is 0.398. The van der Waals surface area contributed by atoms with Crippen LogP contribution in [0.4, 0.5) is 4.39 Å². The van der Waals surface area contributed by atoms with Crippen molar-refractivity contribution in [3.63, 3.8) is 0 Å². The second kappa shape index (κ2) is 6.13. The molecule has 2 aromatic rings. The van der Waals surface area contributed by atoms with Gasteiger partial charge >= 0.3 is 0 Å². The molecule has 0 bridgehead atoms. The first-order valence-corrected chi connectivity index (χ1v) is 8.13. The van der Waals surface area contributed by atoms with Crippen LogP contribution in [0.1, 0.15) is 18.5 Å². The fourth-order valence-corrected chi connectivity index (χ4v) is 3.46. The van der Waals surface area contributed by atoms with E-state index in [0.29, 0.717) is 5.02 Å². The normalized spacial score (nSPS) is 13.4. The number of hydrogen-bond donors (Lipinski definition) is 0. The maximum atomic E-state index is 13.2. The van der Waals surface area contributed by atoms with Gasteiger partial charge in [0, 0.05) is 18.1 Å². The molecule has 0 aliphatic carbocycles. The van der Waals surface area contributed by atoms with Crippen LogP contribution in [0.3, 0.4) is 0 Å². The fourth-order valence-electron chi connectivity index (χ4n) is 1.95. The predicted molar refractivity (Wildman–Crippen MR) is 81.2 cm³/mol. The summed E-state index contributed by atoms with van der Waals surface area (Å²) in [5.74, 6) is -0.580. The van der Waals surface area contributed by atoms with Gasteiger partial charge in [-0.2, -0.15) is 4.31 Å². The van der Waals surface area contributed by atoms with Gasteiger partial charge in [-0.3, -0.25) is 0 Å². The smallest absolute Gasteiger partial charge is 0.207 e. The topological polar surface area (TPSA) is 37.4 Å². The van der Waals surface area contributed by atoms with Crippen molar-refractivity contribution in [2.75, 3.05) is 7.05 Å². The highest BCUT2D eigenvalue weighted by atomic mass is 35.5. The predicted octanol–water partition coefficient (Wildman–Crippen LogP) is 3.86. The van der Waals surface area contributed by atoms with E-state index in [9.17, 15) is 12.8 Å². The van der Waals surface area contributed by atoms with E-state index in [1.54, 1.807) is 31.2 Å². The van der Waals surface area contributed by atoms with E-state index in [4.69, 9.17) is 11.6 Å². The van der Waals surface area contributed by atoms with Gasteiger partial charge in [0.2, 0.25) is 10.0 Å². The molecule has 0 amide bonds. The molecule has 0 saturated carbocycles. The highest BCUT2D eigenvalue weighted by Crippen LogP contribution is 2.26. The number of hydrogen-bond acceptors (Lipinski definition) is 2. The van der Waals surface area contributed by atoms with E-state index in [0.717, 1.165) is 11.6 Å². The van der Waals surface area contributed by atoms with Crippen LogP contribution in [0.5, 0.6) is 0 Å². The zero-order valence-electron chi connectivity index (χ0n) is 11.6. The molecule has 0 fully saturated rings. The fraction of sp³-hybridized carbons (Fsp3) is 0.200. The highest BCUT2D eigenvalue weighted by molar-refractivity contribution is 7.89. The largest absolute Gasteiger partial charge is 0.243 e. The van der Waals surface area contributed by atoms with Gasteiger partial charge in [0.25, 0.3) is 0 Å². The van der Waals surface area contributed by atoms with Crippen molar-refractivity contribution < 1.29 is 12.8 Å². The summed E-state index contributed by atoms with van der Waals surface area (Å²) in [7, 11) is -2.29. The molecule has 3 nitrogen and oxygen atoms in total. The summed E-state index contributed by atoms with van der Waals surface area (Å²) in [6, 6.07) is 11.5. The van der Waals surface area contributed by atoms with Gasteiger partial charge in [-0.1, -0.05) is 29.8 Å². The average Bonchev–Trinajstić information content (AvgIpc) is 2.46. The first-order valence-electron chi connectivity index (χ1n) is 6.31. The summed E-state index contributed by atoms with van der Waals surface area (Å²) in [6.45, 7) is 1.76. The summed E-state index contributed by atoms with van der Waals surface area (Å²) in [4.78, 5) is -0.0641. The zero-order valence-corrected chi connectivity index (χ0v) is 13.2. The third-order valence-corrected chi connectivity index (χ3v) is 5.55. The van der Waals surface area contributed by atoms with Crippen LogP contribution < -0.4 is 0 Å². The monoisotopic (exact) mass is 327 g/mol. The Morgan fingerprint density at radius 2 is 1.76 bits per heavy atom. The van der Waals surface area contributed by atoms with Gasteiger partial charge in [0.05, 0.1) is 4.90 Å². The summed E-state index contributed by atoms with van der Waals surface area (Å²) < 4.78 is 39.4. The minimum absolute atomic E-state index is 0.0641. The Morgan fingerprint density at radius 3 is 2.33 bits per heavy atom. The molecule has 112 valence electrons. The van der Waals surface area contributed by atoms with E-state index in [1.807, 2.05) is 0 Å². The van der Waals surface area contributed by atoms with Crippen LogP contribution in [0, 0.1) is 5.82 Å². The van der Waals surface area contributed by atoms with Crippen molar-refractivity contribution in [2.45, 2.75) is 17.9 Å². The van der Waals surface area contributed by atoms with Crippen molar-refractivity contribution in [1.29, 1.82) is 0 Å². The first-order chi connectivity index (χ1) is 9.82. The third kappa shape index (κ3) is 3.43. The molecule has 1 atom stereocenters. The number of benzene rings is 2. The van der Waals surface area contributed by atoms with Crippen molar-refractivity contribution in [1.82, 2.24) is 4.31 Å². The molecule has 0 aliphatic rings. The lowest BCUT2D eigenvalue weighted by atomic mass is 10.1. The van der Waals surface area contributed by atoms with Gasteiger partial charge in [-0.05, 0) is 42.8 Å². The van der Waals surface area contributed by atoms with Crippen LogP contribution in [-0.4, -0.2) is 19.8 Å². The standard InChI is InChI=1S/C15H15ClFNO2S/c1-11(12-6-8-13(16)9-7-12)18(2)21(19,20)15-5-3-4-14(17)10-15/h3-11H,1-2H3. The van der Waals surface area contributed by atoms with Gasteiger partial charge in [0.1, 0.15) is 5.82 Å². The van der Waals surface area contributed by atoms with E-state index < -0.39 is 21.9 Å². The first kappa shape index (κ1) is 15.9. The van der Waals surface area contributed by atoms with Crippen LogP contribution in [0.25, 0.3) is 0 Å². The maximum Gasteiger partial charge on any atom is 0.243 e. The van der Waals surface area contributed by atoms with Crippen LogP contribution >= 0.6 is 11.6 Å². The van der Waals surface area contributed by atoms with E-state index in [2.05, 4.69) is 0 Å². The SMILES string of the molecule is CC(c1ccc(Cl)cc1)N(C)S(=O)(=O)c1cccc(F)c1. The zero-order chi connectivity index (χ0) is 15.6. The van der Waals surface area contributed by atoms with E-state index >= 15 is 0 Å². The molecule has 0 spiro atoms. The Labute approximate surface area is 129 Å². The Hall–Kier alpha value is -1.43. The molecule has 0 saturated heterocycles. The molecule has 0 radical (unpaired) electrons. The summed E-state index contributed by atoms with van der Waals surface area (Å²) >= 11 is 5.83. The molecule has 0 aromatic heterocycles. The molecule has 1 unspecified atom stereocenters. The minimum Gasteiger partial charge on any atom is -0.207 e. The molecule has 2 aromatic carbocycles. The number of sulfonamides is 1. The van der Waals surface area contributed by atoms with Crippen molar-refractivity contribution >= 4 is 21.6 Å². The Bertz CT molecular complexity index is 732. The lowest BCUT2D eigenvalue weighted by Crippen LogP contribution is -2.29. The maximum absolute atomic E-state index is 13.2. The molecule has 2 rings (SSSR count). The Balaban J connectivity index is 2.33. The highest BCUT2D eigenvalue weighted by Gasteiger charge is 2.26. The Kier molecular flexibility index (Phi) is 4.66. The second-order valence-electron chi connectivity index (χ2n) is 4.71. The molecular weight excluding hydrogens is 313 g/mol. The Morgan fingerprint density at radius 1 is 1.14 bits per heavy atom. The van der Waals surface area contributed by atoms with Crippen molar-refractivity contribution in [3.05, 3.63) is 64.9 Å². The molecule has 6 heteroatoms. The van der Waals surface area contributed by atoms with Gasteiger partial charge in [-0.25, -0.2) is 12.8 Å². The third-order valence-electron chi connectivity index (χ3n) is 3.37. The average molecular weight is 328 g/mol. The number of rotatable bonds is 4. The number of halogens is 2. The van der Waals surface area contributed by atoms with Gasteiger partial charge in [0.15, 0.2) is 0 Å². The number of nitrogens with zero attached hydrogens (tertiary/aromatic N) is 1. The minimum atomic E-state index is -3.76. The van der Waals surface area contributed by atoms with Crippen LogP contribution in [0.2, 0.25) is 5.02 Å². The van der Waals surface area contributed by atoms with Crippen LogP contribution in [-0.2, 0) is 10.0 Å². The van der Waals surface area contributed by atoms with Crippen molar-refractivity contribution in [3.8, 4) is 0 Å². The summed E-state index contributed by atoms with van der Waals surface area (Å²) in [5, 5.41) is 0.585. The summed E-state index contributed by atoms with van der Waals surface area (Å²) in [5.41, 5.74) is 0.807.